The summed E-state index contributed by atoms with van der Waals surface area (Å²) >= 11 is 0. The number of aromatic nitrogens is 1. The molecule has 2 heterocycles. The average Bonchev–Trinajstić information content (AvgIpc) is 2.30. The second kappa shape index (κ2) is 5.41. The van der Waals surface area contributed by atoms with Crippen LogP contribution in [0.2, 0.25) is 0 Å². The Hall–Kier alpha value is -0.930. The Balaban J connectivity index is 1.93. The van der Waals surface area contributed by atoms with Crippen molar-refractivity contribution >= 4 is 0 Å². The van der Waals surface area contributed by atoms with Crippen LogP contribution in [0.5, 0.6) is 0 Å². The van der Waals surface area contributed by atoms with E-state index in [-0.39, 0.29) is 0 Å². The number of nitrogens with zero attached hydrogens (tertiary/aromatic N) is 2. The zero-order valence-corrected chi connectivity index (χ0v) is 10.2. The van der Waals surface area contributed by atoms with Crippen LogP contribution in [0.15, 0.2) is 18.2 Å². The van der Waals surface area contributed by atoms with Crippen molar-refractivity contribution in [3.63, 3.8) is 0 Å². The number of likely N-dealkylation sites (N-methyl/N-ethyl adjacent to an activating group) is 1. The molecule has 0 aromatic carbocycles. The Morgan fingerprint density at radius 1 is 1.50 bits per heavy atom. The minimum absolute atomic E-state index is 0.663. The van der Waals surface area contributed by atoms with Gasteiger partial charge in [0.2, 0.25) is 0 Å². The van der Waals surface area contributed by atoms with Crippen molar-refractivity contribution in [3.8, 4) is 0 Å². The molecule has 16 heavy (non-hydrogen) atoms. The van der Waals surface area contributed by atoms with Crippen molar-refractivity contribution in [2.45, 2.75) is 32.4 Å². The van der Waals surface area contributed by atoms with E-state index in [9.17, 15) is 0 Å². The van der Waals surface area contributed by atoms with Gasteiger partial charge in [0.15, 0.2) is 0 Å². The van der Waals surface area contributed by atoms with E-state index in [2.05, 4.69) is 34.4 Å². The van der Waals surface area contributed by atoms with Crippen LogP contribution in [0.1, 0.15) is 24.2 Å². The lowest BCUT2D eigenvalue weighted by Crippen LogP contribution is -2.43. The summed E-state index contributed by atoms with van der Waals surface area (Å²) in [6.07, 6.45) is 2.59. The molecule has 0 spiro atoms. The van der Waals surface area contributed by atoms with Gasteiger partial charge in [0.25, 0.3) is 0 Å². The molecule has 0 amide bonds. The SMILES string of the molecule is Cc1cccc(CN(C)C2CCCNC2)n1. The molecule has 1 atom stereocenters. The van der Waals surface area contributed by atoms with E-state index in [1.54, 1.807) is 0 Å². The Morgan fingerprint density at radius 2 is 2.38 bits per heavy atom. The minimum Gasteiger partial charge on any atom is -0.315 e. The summed E-state index contributed by atoms with van der Waals surface area (Å²) in [6, 6.07) is 6.91. The van der Waals surface area contributed by atoms with Gasteiger partial charge in [-0.25, -0.2) is 0 Å². The Bertz CT molecular complexity index is 332. The highest BCUT2D eigenvalue weighted by Gasteiger charge is 2.17. The molecule has 1 aromatic rings. The van der Waals surface area contributed by atoms with E-state index in [1.807, 2.05) is 13.0 Å². The standard InChI is InChI=1S/C13H21N3/c1-11-5-3-6-12(15-11)10-16(2)13-7-4-8-14-9-13/h3,5-6,13-14H,4,7-10H2,1-2H3. The molecule has 1 aromatic heterocycles. The van der Waals surface area contributed by atoms with E-state index in [0.29, 0.717) is 6.04 Å². The van der Waals surface area contributed by atoms with Gasteiger partial charge in [0.1, 0.15) is 0 Å². The molecule has 1 saturated heterocycles. The molecule has 0 radical (unpaired) electrons. The molecule has 1 N–H and O–H groups in total. The third-order valence-electron chi connectivity index (χ3n) is 3.25. The molecule has 3 heteroatoms. The number of piperidine rings is 1. The lowest BCUT2D eigenvalue weighted by Gasteiger charge is -2.31. The molecule has 2 rings (SSSR count). The van der Waals surface area contributed by atoms with Crippen molar-refractivity contribution in [1.29, 1.82) is 0 Å². The predicted molar refractivity (Wildman–Crippen MR) is 66.3 cm³/mol. The lowest BCUT2D eigenvalue weighted by atomic mass is 10.1. The van der Waals surface area contributed by atoms with Crippen LogP contribution in [0.3, 0.4) is 0 Å². The van der Waals surface area contributed by atoms with Gasteiger partial charge in [-0.15, -0.1) is 0 Å². The Labute approximate surface area is 97.9 Å². The van der Waals surface area contributed by atoms with Crippen molar-refractivity contribution in [2.75, 3.05) is 20.1 Å². The largest absolute Gasteiger partial charge is 0.315 e. The van der Waals surface area contributed by atoms with Crippen LogP contribution < -0.4 is 5.32 Å². The highest BCUT2D eigenvalue weighted by Crippen LogP contribution is 2.11. The molecule has 0 saturated carbocycles. The van der Waals surface area contributed by atoms with Gasteiger partial charge in [0, 0.05) is 24.8 Å². The first kappa shape index (κ1) is 11.6. The molecule has 1 aliphatic heterocycles. The summed E-state index contributed by atoms with van der Waals surface area (Å²) in [5.41, 5.74) is 2.28. The van der Waals surface area contributed by atoms with Gasteiger partial charge < -0.3 is 5.32 Å². The van der Waals surface area contributed by atoms with E-state index >= 15 is 0 Å². The van der Waals surface area contributed by atoms with Gasteiger partial charge in [-0.05, 0) is 45.5 Å². The normalized spacial score (nSPS) is 21.3. The van der Waals surface area contributed by atoms with E-state index in [1.165, 1.54) is 25.1 Å². The summed E-state index contributed by atoms with van der Waals surface area (Å²) in [4.78, 5) is 6.96. The molecule has 1 aliphatic rings. The molecule has 0 aliphatic carbocycles. The predicted octanol–water partition coefficient (Wildman–Crippen LogP) is 1.57. The maximum Gasteiger partial charge on any atom is 0.0547 e. The van der Waals surface area contributed by atoms with Crippen LogP contribution in [0.4, 0.5) is 0 Å². The molecular formula is C13H21N3. The van der Waals surface area contributed by atoms with Crippen LogP contribution in [-0.2, 0) is 6.54 Å². The zero-order valence-electron chi connectivity index (χ0n) is 10.2. The minimum atomic E-state index is 0.663. The monoisotopic (exact) mass is 219 g/mol. The summed E-state index contributed by atoms with van der Waals surface area (Å²) in [6.45, 7) is 5.29. The highest BCUT2D eigenvalue weighted by molar-refractivity contribution is 5.09. The highest BCUT2D eigenvalue weighted by atomic mass is 15.2. The zero-order chi connectivity index (χ0) is 11.4. The fourth-order valence-corrected chi connectivity index (χ4v) is 2.28. The second-order valence-electron chi connectivity index (χ2n) is 4.69. The fourth-order valence-electron chi connectivity index (χ4n) is 2.28. The first-order valence-corrected chi connectivity index (χ1v) is 6.09. The van der Waals surface area contributed by atoms with Gasteiger partial charge in [0.05, 0.1) is 5.69 Å². The summed E-state index contributed by atoms with van der Waals surface area (Å²) in [5.74, 6) is 0. The summed E-state index contributed by atoms with van der Waals surface area (Å²) < 4.78 is 0. The van der Waals surface area contributed by atoms with Crippen molar-refractivity contribution in [2.24, 2.45) is 0 Å². The molecule has 88 valence electrons. The maximum atomic E-state index is 4.55. The fraction of sp³-hybridized carbons (Fsp3) is 0.615. The quantitative estimate of drug-likeness (QED) is 0.836. The van der Waals surface area contributed by atoms with Crippen LogP contribution in [0.25, 0.3) is 0 Å². The third kappa shape index (κ3) is 3.03. The van der Waals surface area contributed by atoms with Gasteiger partial charge in [-0.1, -0.05) is 6.07 Å². The average molecular weight is 219 g/mol. The van der Waals surface area contributed by atoms with E-state index in [4.69, 9.17) is 0 Å². The molecule has 1 fully saturated rings. The van der Waals surface area contributed by atoms with Crippen LogP contribution in [-0.4, -0.2) is 36.1 Å². The third-order valence-corrected chi connectivity index (χ3v) is 3.25. The molecule has 1 unspecified atom stereocenters. The van der Waals surface area contributed by atoms with Crippen molar-refractivity contribution in [3.05, 3.63) is 29.6 Å². The van der Waals surface area contributed by atoms with Gasteiger partial charge in [-0.3, -0.25) is 9.88 Å². The lowest BCUT2D eigenvalue weighted by molar-refractivity contribution is 0.194. The summed E-state index contributed by atoms with van der Waals surface area (Å²) in [5, 5.41) is 3.45. The Kier molecular flexibility index (Phi) is 3.91. The van der Waals surface area contributed by atoms with Crippen LogP contribution >= 0.6 is 0 Å². The van der Waals surface area contributed by atoms with Crippen molar-refractivity contribution in [1.82, 2.24) is 15.2 Å². The molecule has 3 nitrogen and oxygen atoms in total. The number of aryl methyl sites for hydroxylation is 1. The Morgan fingerprint density at radius 3 is 3.06 bits per heavy atom. The van der Waals surface area contributed by atoms with Gasteiger partial charge >= 0.3 is 0 Å². The summed E-state index contributed by atoms with van der Waals surface area (Å²) in [7, 11) is 2.20. The van der Waals surface area contributed by atoms with Crippen LogP contribution in [0, 0.1) is 6.92 Å². The van der Waals surface area contributed by atoms with Crippen molar-refractivity contribution < 1.29 is 0 Å². The van der Waals surface area contributed by atoms with E-state index < -0.39 is 0 Å². The molecule has 0 bridgehead atoms. The number of hydrogen-bond donors (Lipinski definition) is 1. The number of hydrogen-bond acceptors (Lipinski definition) is 3. The number of rotatable bonds is 3. The van der Waals surface area contributed by atoms with Gasteiger partial charge in [-0.2, -0.15) is 0 Å². The smallest absolute Gasteiger partial charge is 0.0547 e. The maximum absolute atomic E-state index is 4.55. The second-order valence-corrected chi connectivity index (χ2v) is 4.69. The first-order valence-electron chi connectivity index (χ1n) is 6.09. The first-order chi connectivity index (χ1) is 7.75. The molecular weight excluding hydrogens is 198 g/mol. The number of nitrogens with one attached hydrogen (secondary N) is 1. The number of pyridine rings is 1. The topological polar surface area (TPSA) is 28.2 Å². The van der Waals surface area contributed by atoms with E-state index in [0.717, 1.165) is 18.8 Å².